The van der Waals surface area contributed by atoms with Gasteiger partial charge in [0.25, 0.3) is 0 Å². The number of aliphatic hydroxyl groups excluding tert-OH is 1. The first-order chi connectivity index (χ1) is 11.6. The number of rotatable bonds is 4. The summed E-state index contributed by atoms with van der Waals surface area (Å²) < 4.78 is 5.34. The minimum Gasteiger partial charge on any atom is -0.461 e. The molecular formula is C21H31ClO3. The first-order valence-electron chi connectivity index (χ1n) is 9.44. The van der Waals surface area contributed by atoms with Crippen molar-refractivity contribution in [2.45, 2.75) is 64.9 Å². The Kier molecular flexibility index (Phi) is 4.87. The van der Waals surface area contributed by atoms with Gasteiger partial charge in [0.2, 0.25) is 0 Å². The van der Waals surface area contributed by atoms with E-state index in [2.05, 4.69) is 40.3 Å². The number of allylic oxidation sites excluding steroid dienone is 2. The van der Waals surface area contributed by atoms with E-state index in [0.717, 1.165) is 24.8 Å². The zero-order valence-electron chi connectivity index (χ0n) is 15.8. The summed E-state index contributed by atoms with van der Waals surface area (Å²) >= 11 is 6.79. The van der Waals surface area contributed by atoms with Crippen molar-refractivity contribution in [1.29, 1.82) is 0 Å². The fourth-order valence-electron chi connectivity index (χ4n) is 5.64. The van der Waals surface area contributed by atoms with Crippen molar-refractivity contribution in [3.05, 3.63) is 23.8 Å². The number of esters is 1. The van der Waals surface area contributed by atoms with E-state index in [1.807, 2.05) is 0 Å². The summed E-state index contributed by atoms with van der Waals surface area (Å²) in [4.78, 5) is 12.4. The van der Waals surface area contributed by atoms with Crippen LogP contribution in [0.25, 0.3) is 0 Å². The summed E-state index contributed by atoms with van der Waals surface area (Å²) in [6, 6.07) is 0. The molecule has 0 aromatic heterocycles. The standard InChI is InChI=1S/C21H31ClO3/c1-12(2)13(3)8-9-20(4)16-7-6-14-11-25-19(24)17(14)21(16,5)10-15(23)18(20)22/h6,13,15-18,23H,1,7-11H2,2-5H3. The van der Waals surface area contributed by atoms with Crippen LogP contribution in [-0.2, 0) is 9.53 Å². The summed E-state index contributed by atoms with van der Waals surface area (Å²) in [7, 11) is 0. The SMILES string of the molecule is C=C(C)C(C)CCC1(C)C(Cl)C(O)CC2(C)C3C(=O)OCC3=CCC21. The molecule has 0 aromatic rings. The second-order valence-electron chi connectivity index (χ2n) is 9.08. The summed E-state index contributed by atoms with van der Waals surface area (Å²) in [5.74, 6) is 0.346. The largest absolute Gasteiger partial charge is 0.461 e. The van der Waals surface area contributed by atoms with Gasteiger partial charge in [0, 0.05) is 0 Å². The minimum atomic E-state index is -0.596. The van der Waals surface area contributed by atoms with E-state index in [4.69, 9.17) is 16.3 Å². The highest BCUT2D eigenvalue weighted by Crippen LogP contribution is 2.63. The fourth-order valence-corrected chi connectivity index (χ4v) is 5.99. The number of hydrogen-bond donors (Lipinski definition) is 1. The Hall–Kier alpha value is -0.800. The van der Waals surface area contributed by atoms with Crippen molar-refractivity contribution in [3.63, 3.8) is 0 Å². The van der Waals surface area contributed by atoms with E-state index < -0.39 is 6.10 Å². The Bertz CT molecular complexity index is 612. The Labute approximate surface area is 156 Å². The van der Waals surface area contributed by atoms with Gasteiger partial charge >= 0.3 is 5.97 Å². The average molecular weight is 367 g/mol. The number of fused-ring (bicyclic) bond motifs is 3. The Morgan fingerprint density at radius 2 is 2.20 bits per heavy atom. The third-order valence-electron chi connectivity index (χ3n) is 7.43. The fraction of sp³-hybridized carbons (Fsp3) is 0.762. The highest BCUT2D eigenvalue weighted by atomic mass is 35.5. The molecule has 0 amide bonds. The molecule has 3 nitrogen and oxygen atoms in total. The van der Waals surface area contributed by atoms with Gasteiger partial charge in [0.05, 0.1) is 17.4 Å². The zero-order valence-corrected chi connectivity index (χ0v) is 16.6. The molecule has 2 fully saturated rings. The van der Waals surface area contributed by atoms with Crippen molar-refractivity contribution in [1.82, 2.24) is 0 Å². The zero-order chi connectivity index (χ0) is 18.6. The van der Waals surface area contributed by atoms with E-state index in [-0.39, 0.29) is 34.0 Å². The molecule has 1 saturated carbocycles. The predicted octanol–water partition coefficient (Wildman–Crippen LogP) is 4.48. The number of halogens is 1. The summed E-state index contributed by atoms with van der Waals surface area (Å²) in [5.41, 5.74) is 1.77. The summed E-state index contributed by atoms with van der Waals surface area (Å²) in [6.45, 7) is 13.1. The lowest BCUT2D eigenvalue weighted by Crippen LogP contribution is -2.59. The Morgan fingerprint density at radius 1 is 1.52 bits per heavy atom. The molecule has 7 unspecified atom stereocenters. The second kappa shape index (κ2) is 6.42. The topological polar surface area (TPSA) is 46.5 Å². The number of aliphatic hydroxyl groups is 1. The second-order valence-corrected chi connectivity index (χ2v) is 9.55. The number of carbonyl (C=O) groups is 1. The third-order valence-corrected chi connectivity index (χ3v) is 8.22. The summed E-state index contributed by atoms with van der Waals surface area (Å²) in [6.07, 6.45) is 5.00. The monoisotopic (exact) mass is 366 g/mol. The molecule has 4 heteroatoms. The van der Waals surface area contributed by atoms with Gasteiger partial charge in [-0.25, -0.2) is 0 Å². The van der Waals surface area contributed by atoms with Crippen molar-refractivity contribution in [2.75, 3.05) is 6.61 Å². The van der Waals surface area contributed by atoms with E-state index in [0.29, 0.717) is 18.9 Å². The highest BCUT2D eigenvalue weighted by molar-refractivity contribution is 6.21. The Balaban J connectivity index is 1.95. The van der Waals surface area contributed by atoms with Gasteiger partial charge in [-0.2, -0.15) is 0 Å². The highest BCUT2D eigenvalue weighted by Gasteiger charge is 2.62. The van der Waals surface area contributed by atoms with Gasteiger partial charge in [0.15, 0.2) is 0 Å². The van der Waals surface area contributed by atoms with Crippen LogP contribution in [-0.4, -0.2) is 29.2 Å². The molecule has 2 aliphatic carbocycles. The van der Waals surface area contributed by atoms with Crippen LogP contribution in [0.5, 0.6) is 0 Å². The van der Waals surface area contributed by atoms with Crippen LogP contribution in [0.15, 0.2) is 23.8 Å². The molecular weight excluding hydrogens is 336 g/mol. The molecule has 25 heavy (non-hydrogen) atoms. The minimum absolute atomic E-state index is 0.128. The summed E-state index contributed by atoms with van der Waals surface area (Å²) in [5, 5.41) is 10.5. The van der Waals surface area contributed by atoms with E-state index in [1.165, 1.54) is 5.57 Å². The number of cyclic esters (lactones) is 1. The maximum absolute atomic E-state index is 12.4. The molecule has 140 valence electrons. The van der Waals surface area contributed by atoms with E-state index >= 15 is 0 Å². The molecule has 0 radical (unpaired) electrons. The van der Waals surface area contributed by atoms with Crippen molar-refractivity contribution in [3.8, 4) is 0 Å². The van der Waals surface area contributed by atoms with Crippen LogP contribution in [0, 0.1) is 28.6 Å². The number of carbonyl (C=O) groups excluding carboxylic acids is 1. The van der Waals surface area contributed by atoms with E-state index in [1.54, 1.807) is 0 Å². The van der Waals surface area contributed by atoms with Gasteiger partial charge in [0.1, 0.15) is 6.61 Å². The van der Waals surface area contributed by atoms with Gasteiger partial charge in [-0.1, -0.05) is 39.0 Å². The van der Waals surface area contributed by atoms with Crippen LogP contribution < -0.4 is 0 Å². The lowest BCUT2D eigenvalue weighted by atomic mass is 9.46. The van der Waals surface area contributed by atoms with Gasteiger partial charge in [-0.3, -0.25) is 4.79 Å². The van der Waals surface area contributed by atoms with Gasteiger partial charge < -0.3 is 9.84 Å². The molecule has 1 saturated heterocycles. The first-order valence-corrected chi connectivity index (χ1v) is 9.88. The lowest BCUT2D eigenvalue weighted by molar-refractivity contribution is -0.153. The van der Waals surface area contributed by atoms with Crippen LogP contribution in [0.1, 0.15) is 53.4 Å². The van der Waals surface area contributed by atoms with Gasteiger partial charge in [-0.05, 0) is 60.8 Å². The molecule has 7 atom stereocenters. The van der Waals surface area contributed by atoms with Crippen molar-refractivity contribution in [2.24, 2.45) is 28.6 Å². The average Bonchev–Trinajstić information content (AvgIpc) is 2.93. The molecule has 1 aliphatic heterocycles. The maximum atomic E-state index is 12.4. The number of ether oxygens (including phenoxy) is 1. The normalized spacial score (nSPS) is 44.4. The third kappa shape index (κ3) is 2.88. The molecule has 0 aromatic carbocycles. The van der Waals surface area contributed by atoms with Crippen LogP contribution in [0.2, 0.25) is 0 Å². The predicted molar refractivity (Wildman–Crippen MR) is 100 cm³/mol. The molecule has 1 N–H and O–H groups in total. The van der Waals surface area contributed by atoms with Crippen molar-refractivity contribution >= 4 is 17.6 Å². The molecule has 1 heterocycles. The van der Waals surface area contributed by atoms with Crippen LogP contribution in [0.3, 0.4) is 0 Å². The maximum Gasteiger partial charge on any atom is 0.314 e. The van der Waals surface area contributed by atoms with Crippen molar-refractivity contribution < 1.29 is 14.6 Å². The number of alkyl halides is 1. The van der Waals surface area contributed by atoms with Crippen LogP contribution >= 0.6 is 11.6 Å². The smallest absolute Gasteiger partial charge is 0.314 e. The quantitative estimate of drug-likeness (QED) is 0.453. The van der Waals surface area contributed by atoms with Gasteiger partial charge in [-0.15, -0.1) is 11.6 Å². The number of hydrogen-bond acceptors (Lipinski definition) is 3. The van der Waals surface area contributed by atoms with Crippen LogP contribution in [0.4, 0.5) is 0 Å². The lowest BCUT2D eigenvalue weighted by Gasteiger charge is -2.59. The molecule has 0 spiro atoms. The molecule has 3 rings (SSSR count). The first kappa shape index (κ1) is 19.0. The molecule has 3 aliphatic rings. The molecule has 0 bridgehead atoms. The van der Waals surface area contributed by atoms with E-state index in [9.17, 15) is 9.90 Å². The Morgan fingerprint density at radius 3 is 2.84 bits per heavy atom.